The minimum absolute atomic E-state index is 0. The Morgan fingerprint density at radius 1 is 1.10 bits per heavy atom. The Hall–Kier alpha value is -0.900. The molecule has 0 N–H and O–H groups in total. The lowest BCUT2D eigenvalue weighted by Gasteiger charge is -2.39. The molecule has 1 aromatic heterocycles. The van der Waals surface area contributed by atoms with Crippen molar-refractivity contribution >= 4 is 5.91 Å². The molecule has 0 saturated carbocycles. The van der Waals surface area contributed by atoms with Gasteiger partial charge in [0.1, 0.15) is 6.54 Å². The Morgan fingerprint density at radius 2 is 1.71 bits per heavy atom. The van der Waals surface area contributed by atoms with Gasteiger partial charge in [-0.3, -0.25) is 4.79 Å². The zero-order valence-electron chi connectivity index (χ0n) is 13.2. The molecule has 4 heteroatoms. The molecular weight excluding hydrogens is 328 g/mol. The van der Waals surface area contributed by atoms with Crippen LogP contribution in [0.3, 0.4) is 0 Å². The second-order valence-electron chi connectivity index (χ2n) is 6.00. The number of aryl methyl sites for hydroxylation is 1. The molecule has 1 aromatic rings. The first-order valence-corrected chi connectivity index (χ1v) is 7.93. The number of piperidine rings is 1. The third kappa shape index (κ3) is 5.42. The maximum atomic E-state index is 12.3. The van der Waals surface area contributed by atoms with Crippen LogP contribution in [0, 0.1) is 0 Å². The minimum Gasteiger partial charge on any atom is -1.00 e. The molecule has 1 saturated heterocycles. The molecule has 1 amide bonds. The molecule has 2 rings (SSSR count). The van der Waals surface area contributed by atoms with Crippen molar-refractivity contribution in [1.82, 2.24) is 4.90 Å². The van der Waals surface area contributed by atoms with Crippen LogP contribution in [0.2, 0.25) is 0 Å². The van der Waals surface area contributed by atoms with Crippen molar-refractivity contribution in [2.45, 2.75) is 71.0 Å². The van der Waals surface area contributed by atoms with E-state index in [-0.39, 0.29) is 17.0 Å². The van der Waals surface area contributed by atoms with Gasteiger partial charge in [-0.1, -0.05) is 6.07 Å². The van der Waals surface area contributed by atoms with E-state index in [0.717, 1.165) is 32.2 Å². The van der Waals surface area contributed by atoms with Crippen molar-refractivity contribution < 1.29 is 26.3 Å². The number of unbranched alkanes of at least 4 members (excludes halogenated alkanes) is 1. The number of carbonyl (C=O) groups is 1. The van der Waals surface area contributed by atoms with Gasteiger partial charge >= 0.3 is 0 Å². The molecule has 1 aliphatic rings. The van der Waals surface area contributed by atoms with Gasteiger partial charge in [0.2, 0.25) is 5.91 Å². The number of hydrogen-bond acceptors (Lipinski definition) is 1. The summed E-state index contributed by atoms with van der Waals surface area (Å²) in [5, 5.41) is 0. The average Bonchev–Trinajstić information content (AvgIpc) is 2.44. The lowest BCUT2D eigenvalue weighted by Crippen LogP contribution is -3.00. The highest BCUT2D eigenvalue weighted by Crippen LogP contribution is 2.23. The van der Waals surface area contributed by atoms with Crippen LogP contribution in [0.4, 0.5) is 0 Å². The summed E-state index contributed by atoms with van der Waals surface area (Å²) in [5.41, 5.74) is 0. The third-order valence-corrected chi connectivity index (χ3v) is 4.32. The minimum atomic E-state index is 0. The number of halogens is 1. The molecule has 0 aliphatic carbocycles. The van der Waals surface area contributed by atoms with Crippen molar-refractivity contribution in [2.24, 2.45) is 0 Å². The van der Waals surface area contributed by atoms with Gasteiger partial charge in [-0.05, 0) is 39.5 Å². The Morgan fingerprint density at radius 3 is 2.33 bits per heavy atom. The highest BCUT2D eigenvalue weighted by molar-refractivity contribution is 5.76. The number of hydrogen-bond donors (Lipinski definition) is 0. The summed E-state index contributed by atoms with van der Waals surface area (Å²) in [5.74, 6) is 0.350. The summed E-state index contributed by atoms with van der Waals surface area (Å²) in [6.07, 6.45) is 10.5. The molecule has 3 nitrogen and oxygen atoms in total. The van der Waals surface area contributed by atoms with Gasteiger partial charge in [0, 0.05) is 37.1 Å². The number of nitrogens with zero attached hydrogens (tertiary/aromatic N) is 2. The standard InChI is InChI=1S/C17H27N2O.BrH/c1-15-9-8-10-16(2)19(15)17(20)11-4-7-14-18-12-5-3-6-13-18;/h3,5-6,12-13,15-16H,4,7-11,14H2,1-2H3;1H/q+1;/p-1. The third-order valence-electron chi connectivity index (χ3n) is 4.32. The summed E-state index contributed by atoms with van der Waals surface area (Å²) in [7, 11) is 0. The largest absolute Gasteiger partial charge is 1.00 e. The quantitative estimate of drug-likeness (QED) is 0.536. The molecule has 1 aliphatic heterocycles. The summed E-state index contributed by atoms with van der Waals surface area (Å²) in [4.78, 5) is 14.5. The predicted molar refractivity (Wildman–Crippen MR) is 80.1 cm³/mol. The van der Waals surface area contributed by atoms with Crippen molar-refractivity contribution in [3.63, 3.8) is 0 Å². The number of amides is 1. The lowest BCUT2D eigenvalue weighted by molar-refractivity contribution is -0.697. The second-order valence-corrected chi connectivity index (χ2v) is 6.00. The van der Waals surface area contributed by atoms with Gasteiger partial charge in [0.15, 0.2) is 12.4 Å². The second kappa shape index (κ2) is 9.19. The summed E-state index contributed by atoms with van der Waals surface area (Å²) >= 11 is 0. The van der Waals surface area contributed by atoms with Crippen LogP contribution in [-0.2, 0) is 11.3 Å². The normalized spacial score (nSPS) is 21.7. The van der Waals surface area contributed by atoms with Crippen molar-refractivity contribution in [1.29, 1.82) is 0 Å². The molecule has 118 valence electrons. The SMILES string of the molecule is CC1CCCC(C)N1C(=O)CCCC[n+]1ccccc1.[Br-]. The molecule has 0 aromatic carbocycles. The Bertz CT molecular complexity index is 414. The van der Waals surface area contributed by atoms with Gasteiger partial charge in [-0.15, -0.1) is 0 Å². The van der Waals surface area contributed by atoms with Crippen LogP contribution >= 0.6 is 0 Å². The van der Waals surface area contributed by atoms with Gasteiger partial charge in [-0.25, -0.2) is 4.57 Å². The maximum absolute atomic E-state index is 12.3. The fraction of sp³-hybridized carbons (Fsp3) is 0.647. The first kappa shape index (κ1) is 18.1. The molecule has 0 bridgehead atoms. The lowest BCUT2D eigenvalue weighted by atomic mass is 9.97. The molecule has 2 unspecified atom stereocenters. The molecule has 21 heavy (non-hydrogen) atoms. The number of likely N-dealkylation sites (tertiary alicyclic amines) is 1. The summed E-state index contributed by atoms with van der Waals surface area (Å²) in [6.45, 7) is 5.37. The van der Waals surface area contributed by atoms with E-state index in [4.69, 9.17) is 0 Å². The zero-order chi connectivity index (χ0) is 14.4. The van der Waals surface area contributed by atoms with Crippen LogP contribution in [-0.4, -0.2) is 22.9 Å². The van der Waals surface area contributed by atoms with Crippen molar-refractivity contribution in [3.05, 3.63) is 30.6 Å². The van der Waals surface area contributed by atoms with Crippen molar-refractivity contribution in [3.8, 4) is 0 Å². The highest BCUT2D eigenvalue weighted by Gasteiger charge is 2.28. The van der Waals surface area contributed by atoms with E-state index < -0.39 is 0 Å². The summed E-state index contributed by atoms with van der Waals surface area (Å²) in [6, 6.07) is 6.97. The highest BCUT2D eigenvalue weighted by atomic mass is 79.9. The Labute approximate surface area is 139 Å². The van der Waals surface area contributed by atoms with Gasteiger partial charge < -0.3 is 21.9 Å². The van der Waals surface area contributed by atoms with E-state index in [0.29, 0.717) is 24.4 Å². The van der Waals surface area contributed by atoms with E-state index >= 15 is 0 Å². The van der Waals surface area contributed by atoms with E-state index in [2.05, 4.69) is 35.7 Å². The predicted octanol–water partition coefficient (Wildman–Crippen LogP) is -0.0621. The van der Waals surface area contributed by atoms with Crippen LogP contribution in [0.25, 0.3) is 0 Å². The van der Waals surface area contributed by atoms with Crippen LogP contribution in [0.1, 0.15) is 52.4 Å². The van der Waals surface area contributed by atoms with E-state index in [1.54, 1.807) is 0 Å². The molecule has 0 spiro atoms. The van der Waals surface area contributed by atoms with Crippen molar-refractivity contribution in [2.75, 3.05) is 0 Å². The number of aromatic nitrogens is 1. The molecule has 2 atom stereocenters. The summed E-state index contributed by atoms with van der Waals surface area (Å²) < 4.78 is 2.18. The number of carbonyl (C=O) groups excluding carboxylic acids is 1. The first-order valence-electron chi connectivity index (χ1n) is 7.93. The fourth-order valence-corrected chi connectivity index (χ4v) is 3.20. The number of pyridine rings is 1. The van der Waals surface area contributed by atoms with E-state index in [1.165, 1.54) is 6.42 Å². The zero-order valence-corrected chi connectivity index (χ0v) is 14.8. The van der Waals surface area contributed by atoms with Crippen LogP contribution in [0.5, 0.6) is 0 Å². The molecule has 1 fully saturated rings. The van der Waals surface area contributed by atoms with Gasteiger partial charge in [-0.2, -0.15) is 0 Å². The van der Waals surface area contributed by atoms with E-state index in [1.807, 2.05) is 18.2 Å². The first-order chi connectivity index (χ1) is 9.68. The number of rotatable bonds is 5. The maximum Gasteiger partial charge on any atom is 0.223 e. The fourth-order valence-electron chi connectivity index (χ4n) is 3.20. The van der Waals surface area contributed by atoms with E-state index in [9.17, 15) is 4.79 Å². The van der Waals surface area contributed by atoms with Crippen LogP contribution in [0.15, 0.2) is 30.6 Å². The smallest absolute Gasteiger partial charge is 0.223 e. The molecular formula is C17H27BrN2O. The monoisotopic (exact) mass is 354 g/mol. The molecule has 0 radical (unpaired) electrons. The van der Waals surface area contributed by atoms with Crippen LogP contribution < -0.4 is 21.5 Å². The Balaban J connectivity index is 0.00000220. The van der Waals surface area contributed by atoms with Gasteiger partial charge in [0.05, 0.1) is 0 Å². The Kier molecular flexibility index (Phi) is 7.94. The topological polar surface area (TPSA) is 24.2 Å². The molecule has 2 heterocycles. The average molecular weight is 355 g/mol. The van der Waals surface area contributed by atoms with Gasteiger partial charge in [0.25, 0.3) is 0 Å².